The first kappa shape index (κ1) is 12.9. The number of nitrogens with two attached hydrogens (primary N) is 1. The largest absolute Gasteiger partial charge is 0.327 e. The predicted octanol–water partition coefficient (Wildman–Crippen LogP) is 0.0886. The molecule has 3 unspecified atom stereocenters. The standard InChI is InChI=1S/C10H22N2O2S/c1-8-6-12(5-4-10(8)11)9(2)7-15(3,13)14/h8-10H,4-7,11H2,1-3H3. The van der Waals surface area contributed by atoms with Crippen molar-refractivity contribution in [2.75, 3.05) is 25.1 Å². The highest BCUT2D eigenvalue weighted by Gasteiger charge is 2.27. The Hall–Kier alpha value is -0.130. The molecule has 0 bridgehead atoms. The summed E-state index contributed by atoms with van der Waals surface area (Å²) in [5.41, 5.74) is 5.92. The highest BCUT2D eigenvalue weighted by molar-refractivity contribution is 7.90. The van der Waals surface area contributed by atoms with Crippen LogP contribution in [-0.4, -0.2) is 50.5 Å². The lowest BCUT2D eigenvalue weighted by atomic mass is 9.94. The van der Waals surface area contributed by atoms with Crippen molar-refractivity contribution in [1.29, 1.82) is 0 Å². The van der Waals surface area contributed by atoms with Crippen LogP contribution in [0.4, 0.5) is 0 Å². The van der Waals surface area contributed by atoms with Crippen molar-refractivity contribution in [1.82, 2.24) is 4.90 Å². The zero-order chi connectivity index (χ0) is 11.6. The zero-order valence-electron chi connectivity index (χ0n) is 9.81. The number of rotatable bonds is 3. The number of sulfone groups is 1. The first-order valence-electron chi connectivity index (χ1n) is 5.47. The van der Waals surface area contributed by atoms with E-state index >= 15 is 0 Å². The Morgan fingerprint density at radius 3 is 2.60 bits per heavy atom. The van der Waals surface area contributed by atoms with E-state index in [2.05, 4.69) is 11.8 Å². The summed E-state index contributed by atoms with van der Waals surface area (Å²) in [6.07, 6.45) is 2.26. The van der Waals surface area contributed by atoms with Gasteiger partial charge in [-0.3, -0.25) is 4.90 Å². The molecular formula is C10H22N2O2S. The molecule has 1 rings (SSSR count). The van der Waals surface area contributed by atoms with Crippen LogP contribution in [0.1, 0.15) is 20.3 Å². The van der Waals surface area contributed by atoms with Crippen molar-refractivity contribution < 1.29 is 8.42 Å². The van der Waals surface area contributed by atoms with E-state index in [9.17, 15) is 8.42 Å². The minimum atomic E-state index is -2.88. The van der Waals surface area contributed by atoms with Gasteiger partial charge in [-0.05, 0) is 25.8 Å². The van der Waals surface area contributed by atoms with E-state index in [1.54, 1.807) is 0 Å². The van der Waals surface area contributed by atoms with Crippen LogP contribution < -0.4 is 5.73 Å². The van der Waals surface area contributed by atoms with Gasteiger partial charge in [0.1, 0.15) is 9.84 Å². The minimum absolute atomic E-state index is 0.106. The van der Waals surface area contributed by atoms with Crippen molar-refractivity contribution in [3.8, 4) is 0 Å². The molecule has 0 aromatic carbocycles. The van der Waals surface area contributed by atoms with Crippen LogP contribution in [0.3, 0.4) is 0 Å². The average molecular weight is 234 g/mol. The number of piperidine rings is 1. The lowest BCUT2D eigenvalue weighted by Gasteiger charge is -2.38. The van der Waals surface area contributed by atoms with E-state index in [1.165, 1.54) is 6.26 Å². The second-order valence-electron chi connectivity index (χ2n) is 4.87. The Kier molecular flexibility index (Phi) is 4.14. The topological polar surface area (TPSA) is 63.4 Å². The van der Waals surface area contributed by atoms with Crippen LogP contribution in [0.25, 0.3) is 0 Å². The number of nitrogens with zero attached hydrogens (tertiary/aromatic N) is 1. The molecule has 3 atom stereocenters. The molecule has 4 nitrogen and oxygen atoms in total. The van der Waals surface area contributed by atoms with Gasteiger partial charge in [-0.2, -0.15) is 0 Å². The summed E-state index contributed by atoms with van der Waals surface area (Å²) in [5.74, 6) is 0.704. The summed E-state index contributed by atoms with van der Waals surface area (Å²) in [7, 11) is -2.88. The highest BCUT2D eigenvalue weighted by atomic mass is 32.2. The van der Waals surface area contributed by atoms with E-state index < -0.39 is 9.84 Å². The van der Waals surface area contributed by atoms with Crippen molar-refractivity contribution in [2.24, 2.45) is 11.7 Å². The molecule has 1 heterocycles. The molecule has 2 N–H and O–H groups in total. The SMILES string of the molecule is CC1CN(C(C)CS(C)(=O)=O)CCC1N. The minimum Gasteiger partial charge on any atom is -0.327 e. The summed E-state index contributed by atoms with van der Waals surface area (Å²) in [4.78, 5) is 2.23. The maximum atomic E-state index is 11.2. The number of hydrogen-bond acceptors (Lipinski definition) is 4. The molecule has 0 aliphatic carbocycles. The maximum Gasteiger partial charge on any atom is 0.148 e. The summed E-state index contributed by atoms with van der Waals surface area (Å²) in [5, 5.41) is 0. The van der Waals surface area contributed by atoms with Gasteiger partial charge in [-0.25, -0.2) is 8.42 Å². The molecule has 0 saturated carbocycles. The molecule has 0 spiro atoms. The molecule has 0 aromatic rings. The third-order valence-corrected chi connectivity index (χ3v) is 4.26. The predicted molar refractivity (Wildman–Crippen MR) is 62.5 cm³/mol. The van der Waals surface area contributed by atoms with E-state index in [0.717, 1.165) is 19.5 Å². The fourth-order valence-corrected chi connectivity index (χ4v) is 3.23. The van der Waals surface area contributed by atoms with Gasteiger partial charge >= 0.3 is 0 Å². The van der Waals surface area contributed by atoms with Gasteiger partial charge in [0.05, 0.1) is 5.75 Å². The van der Waals surface area contributed by atoms with Gasteiger partial charge in [0.15, 0.2) is 0 Å². The first-order chi connectivity index (χ1) is 6.79. The van der Waals surface area contributed by atoms with Gasteiger partial charge in [0.2, 0.25) is 0 Å². The van der Waals surface area contributed by atoms with Gasteiger partial charge in [-0.1, -0.05) is 6.92 Å². The van der Waals surface area contributed by atoms with Crippen LogP contribution in [0.15, 0.2) is 0 Å². The molecule has 1 aliphatic rings. The van der Waals surface area contributed by atoms with Gasteiger partial charge in [0, 0.05) is 24.9 Å². The van der Waals surface area contributed by atoms with E-state index in [-0.39, 0.29) is 17.8 Å². The van der Waals surface area contributed by atoms with Crippen molar-refractivity contribution >= 4 is 9.84 Å². The lowest BCUT2D eigenvalue weighted by Crippen LogP contribution is -2.50. The number of hydrogen-bond donors (Lipinski definition) is 1. The van der Waals surface area contributed by atoms with Crippen molar-refractivity contribution in [3.05, 3.63) is 0 Å². The normalized spacial score (nSPS) is 31.5. The zero-order valence-corrected chi connectivity index (χ0v) is 10.6. The second kappa shape index (κ2) is 4.80. The Morgan fingerprint density at radius 2 is 2.13 bits per heavy atom. The lowest BCUT2D eigenvalue weighted by molar-refractivity contribution is 0.133. The van der Waals surface area contributed by atoms with E-state index in [0.29, 0.717) is 5.92 Å². The summed E-state index contributed by atoms with van der Waals surface area (Å²) in [6, 6.07) is 0.377. The van der Waals surface area contributed by atoms with Crippen LogP contribution in [-0.2, 0) is 9.84 Å². The quantitative estimate of drug-likeness (QED) is 0.751. The van der Waals surface area contributed by atoms with Crippen LogP contribution in [0.5, 0.6) is 0 Å². The van der Waals surface area contributed by atoms with Crippen LogP contribution >= 0.6 is 0 Å². The molecule has 15 heavy (non-hydrogen) atoms. The summed E-state index contributed by atoms with van der Waals surface area (Å²) < 4.78 is 22.4. The molecule has 1 saturated heterocycles. The Balaban J connectivity index is 2.51. The smallest absolute Gasteiger partial charge is 0.148 e. The van der Waals surface area contributed by atoms with E-state index in [1.807, 2.05) is 6.92 Å². The van der Waals surface area contributed by atoms with E-state index in [4.69, 9.17) is 5.73 Å². The maximum absolute atomic E-state index is 11.2. The fraction of sp³-hybridized carbons (Fsp3) is 1.00. The molecule has 90 valence electrons. The van der Waals surface area contributed by atoms with Crippen LogP contribution in [0.2, 0.25) is 0 Å². The average Bonchev–Trinajstić information content (AvgIpc) is 2.06. The molecule has 0 aromatic heterocycles. The molecule has 1 aliphatic heterocycles. The molecular weight excluding hydrogens is 212 g/mol. The van der Waals surface area contributed by atoms with Crippen molar-refractivity contribution in [2.45, 2.75) is 32.4 Å². The first-order valence-corrected chi connectivity index (χ1v) is 7.53. The summed E-state index contributed by atoms with van der Waals surface area (Å²) >= 11 is 0. The molecule has 1 fully saturated rings. The highest BCUT2D eigenvalue weighted by Crippen LogP contribution is 2.17. The second-order valence-corrected chi connectivity index (χ2v) is 7.05. The molecule has 5 heteroatoms. The van der Waals surface area contributed by atoms with Gasteiger partial charge < -0.3 is 5.73 Å². The Bertz CT molecular complexity index is 303. The van der Waals surface area contributed by atoms with Gasteiger partial charge in [-0.15, -0.1) is 0 Å². The molecule has 0 amide bonds. The summed E-state index contributed by atoms with van der Waals surface area (Å²) in [6.45, 7) is 5.94. The van der Waals surface area contributed by atoms with Crippen LogP contribution in [0, 0.1) is 5.92 Å². The van der Waals surface area contributed by atoms with Crippen molar-refractivity contribution in [3.63, 3.8) is 0 Å². The Morgan fingerprint density at radius 1 is 1.53 bits per heavy atom. The molecule has 0 radical (unpaired) electrons. The monoisotopic (exact) mass is 234 g/mol. The fourth-order valence-electron chi connectivity index (χ4n) is 2.14. The number of likely N-dealkylation sites (tertiary alicyclic amines) is 1. The third kappa shape index (κ3) is 4.09. The third-order valence-electron chi connectivity index (χ3n) is 3.17. The van der Waals surface area contributed by atoms with Gasteiger partial charge in [0.25, 0.3) is 0 Å². The Labute approximate surface area is 92.7 Å².